The molecule has 14 nitrogen and oxygen atoms in total. The largest absolute Gasteiger partial charge is 0.444 e. The summed E-state index contributed by atoms with van der Waals surface area (Å²) in [7, 11) is 1.79. The van der Waals surface area contributed by atoms with E-state index in [1.807, 2.05) is 65.8 Å². The van der Waals surface area contributed by atoms with Crippen LogP contribution in [0.25, 0.3) is 22.6 Å². The van der Waals surface area contributed by atoms with Crippen LogP contribution in [0, 0.1) is 18.8 Å². The average molecular weight is 686 g/mol. The molecule has 1 aliphatic rings. The van der Waals surface area contributed by atoms with Crippen LogP contribution in [0.5, 0.6) is 0 Å². The van der Waals surface area contributed by atoms with Crippen LogP contribution in [0.3, 0.4) is 0 Å². The van der Waals surface area contributed by atoms with E-state index < -0.39 is 17.9 Å². The Labute approximate surface area is 292 Å². The van der Waals surface area contributed by atoms with Crippen LogP contribution in [-0.4, -0.2) is 82.6 Å². The lowest BCUT2D eigenvalue weighted by Gasteiger charge is -2.39. The molecule has 1 aromatic carbocycles. The first kappa shape index (κ1) is 36.1. The van der Waals surface area contributed by atoms with Crippen molar-refractivity contribution in [3.05, 3.63) is 59.9 Å². The predicted molar refractivity (Wildman–Crippen MR) is 187 cm³/mol. The number of carbonyl (C=O) groups is 3. The fourth-order valence-corrected chi connectivity index (χ4v) is 5.80. The molecule has 1 aliphatic heterocycles. The zero-order chi connectivity index (χ0) is 36.3. The number of pyridine rings is 1. The molecular weight excluding hydrogens is 638 g/mol. The summed E-state index contributed by atoms with van der Waals surface area (Å²) in [5.41, 5.74) is 2.84. The van der Waals surface area contributed by atoms with Gasteiger partial charge in [-0.25, -0.2) is 9.78 Å². The SMILES string of the molecule is Cc1cccnc1N(C(=O)c1ccc(-c2cnn(C)c2-c2nnn(C(OC(=O)C(C)C)C(C)C)n2)cc1)C1CCCN(C(=O)OC(C)(C)C)C1. The van der Waals surface area contributed by atoms with Crippen LogP contribution in [0.1, 0.15) is 83.5 Å². The molecule has 0 bridgehead atoms. The number of rotatable bonds is 9. The number of likely N-dealkylation sites (tertiary alicyclic amines) is 1. The molecule has 4 heterocycles. The second-order valence-corrected chi connectivity index (χ2v) is 14.3. The maximum Gasteiger partial charge on any atom is 0.410 e. The van der Waals surface area contributed by atoms with Crippen molar-refractivity contribution in [2.45, 2.75) is 86.1 Å². The Hall–Kier alpha value is -5.14. The van der Waals surface area contributed by atoms with Gasteiger partial charge in [0.05, 0.1) is 18.2 Å². The number of tetrazole rings is 1. The van der Waals surface area contributed by atoms with Gasteiger partial charge in [0, 0.05) is 43.4 Å². The van der Waals surface area contributed by atoms with Gasteiger partial charge in [-0.1, -0.05) is 45.9 Å². The Balaban J connectivity index is 1.42. The summed E-state index contributed by atoms with van der Waals surface area (Å²) in [4.78, 5) is 49.0. The highest BCUT2D eigenvalue weighted by Gasteiger charge is 2.35. The monoisotopic (exact) mass is 685 g/mol. The van der Waals surface area contributed by atoms with E-state index in [0.717, 1.165) is 23.1 Å². The first-order valence-electron chi connectivity index (χ1n) is 17.0. The van der Waals surface area contributed by atoms with Crippen molar-refractivity contribution in [2.24, 2.45) is 18.9 Å². The van der Waals surface area contributed by atoms with E-state index in [2.05, 4.69) is 25.5 Å². The molecule has 0 N–H and O–H groups in total. The summed E-state index contributed by atoms with van der Waals surface area (Å²) in [6.07, 6.45) is 3.70. The molecule has 1 saturated heterocycles. The quantitative estimate of drug-likeness (QED) is 0.197. The van der Waals surface area contributed by atoms with E-state index in [4.69, 9.17) is 9.47 Å². The lowest BCUT2D eigenvalue weighted by atomic mass is 10.0. The molecular formula is C36H47N9O5. The number of aromatic nitrogens is 7. The molecule has 50 heavy (non-hydrogen) atoms. The smallest absolute Gasteiger partial charge is 0.410 e. The van der Waals surface area contributed by atoms with E-state index in [1.54, 1.807) is 59.9 Å². The zero-order valence-electron chi connectivity index (χ0n) is 30.3. The summed E-state index contributed by atoms with van der Waals surface area (Å²) in [6, 6.07) is 10.7. The van der Waals surface area contributed by atoms with Crippen molar-refractivity contribution in [1.82, 2.24) is 39.9 Å². The van der Waals surface area contributed by atoms with Gasteiger partial charge in [-0.05, 0) is 75.1 Å². The van der Waals surface area contributed by atoms with Crippen LogP contribution in [-0.2, 0) is 21.3 Å². The molecule has 5 rings (SSSR count). The minimum atomic E-state index is -0.723. The number of amides is 2. The van der Waals surface area contributed by atoms with Gasteiger partial charge in [0.1, 0.15) is 17.1 Å². The van der Waals surface area contributed by atoms with Crippen LogP contribution < -0.4 is 4.90 Å². The predicted octanol–water partition coefficient (Wildman–Crippen LogP) is 5.84. The van der Waals surface area contributed by atoms with Crippen LogP contribution in [0.15, 0.2) is 48.8 Å². The zero-order valence-corrected chi connectivity index (χ0v) is 30.3. The third-order valence-electron chi connectivity index (χ3n) is 8.37. The Kier molecular flexibility index (Phi) is 10.7. The van der Waals surface area contributed by atoms with Gasteiger partial charge in [-0.3, -0.25) is 19.2 Å². The molecule has 2 atom stereocenters. The van der Waals surface area contributed by atoms with Gasteiger partial charge >= 0.3 is 12.1 Å². The number of hydrogen-bond acceptors (Lipinski definition) is 10. The number of benzene rings is 1. The summed E-state index contributed by atoms with van der Waals surface area (Å²) < 4.78 is 13.0. The van der Waals surface area contributed by atoms with Crippen molar-refractivity contribution in [1.29, 1.82) is 0 Å². The van der Waals surface area contributed by atoms with Crippen LogP contribution >= 0.6 is 0 Å². The molecule has 2 amide bonds. The summed E-state index contributed by atoms with van der Waals surface area (Å²) in [6.45, 7) is 15.7. The fourth-order valence-electron chi connectivity index (χ4n) is 5.80. The summed E-state index contributed by atoms with van der Waals surface area (Å²) in [5.74, 6) is -0.0954. The molecule has 3 aromatic heterocycles. The van der Waals surface area contributed by atoms with Crippen molar-refractivity contribution in [3.63, 3.8) is 0 Å². The first-order valence-corrected chi connectivity index (χ1v) is 17.0. The second kappa shape index (κ2) is 14.8. The number of anilines is 1. The van der Waals surface area contributed by atoms with Gasteiger partial charge in [-0.2, -0.15) is 5.10 Å². The molecule has 4 aromatic rings. The van der Waals surface area contributed by atoms with Crippen molar-refractivity contribution >= 4 is 23.8 Å². The number of hydrogen-bond donors (Lipinski definition) is 0. The molecule has 0 aliphatic carbocycles. The third-order valence-corrected chi connectivity index (χ3v) is 8.37. The van der Waals surface area contributed by atoms with Crippen LogP contribution in [0.2, 0.25) is 0 Å². The third kappa shape index (κ3) is 8.01. The van der Waals surface area contributed by atoms with Gasteiger partial charge in [0.25, 0.3) is 5.91 Å². The number of nitrogens with zero attached hydrogens (tertiary/aromatic N) is 9. The number of ether oxygens (including phenoxy) is 2. The van der Waals surface area contributed by atoms with E-state index in [9.17, 15) is 14.4 Å². The van der Waals surface area contributed by atoms with E-state index in [0.29, 0.717) is 42.4 Å². The van der Waals surface area contributed by atoms with Gasteiger partial charge in [-0.15, -0.1) is 15.0 Å². The van der Waals surface area contributed by atoms with E-state index in [1.165, 1.54) is 4.80 Å². The number of carbonyl (C=O) groups excluding carboxylic acids is 3. The maximum atomic E-state index is 14.4. The van der Waals surface area contributed by atoms with E-state index in [-0.39, 0.29) is 29.8 Å². The number of piperidine rings is 1. The maximum absolute atomic E-state index is 14.4. The summed E-state index contributed by atoms with van der Waals surface area (Å²) >= 11 is 0. The topological polar surface area (TPSA) is 150 Å². The Bertz CT molecular complexity index is 1820. The molecule has 0 spiro atoms. The van der Waals surface area contributed by atoms with Crippen molar-refractivity contribution in [3.8, 4) is 22.6 Å². The normalized spacial score (nSPS) is 15.7. The molecule has 14 heteroatoms. The number of esters is 1. The molecule has 266 valence electrons. The minimum absolute atomic E-state index is 0.0979. The average Bonchev–Trinajstić information content (AvgIpc) is 3.70. The van der Waals surface area contributed by atoms with E-state index >= 15 is 0 Å². The Morgan fingerprint density at radius 2 is 1.76 bits per heavy atom. The standard InChI is InChI=1S/C36H47N9O5/c1-22(2)33(49-34(47)23(3)4)45-40-30(39-41-45)29-28(20-38-42(29)9)25-14-16-26(17-15-25)32(46)44(31-24(5)12-10-18-37-31)27-13-11-19-43(21-27)35(48)50-36(6,7)8/h10,12,14-18,20,22-23,27,33H,11,13,19,21H2,1-9H3. The molecule has 0 saturated carbocycles. The first-order chi connectivity index (χ1) is 23.6. The van der Waals surface area contributed by atoms with Crippen molar-refractivity contribution in [2.75, 3.05) is 18.0 Å². The van der Waals surface area contributed by atoms with Gasteiger partial charge in [0.15, 0.2) is 0 Å². The van der Waals surface area contributed by atoms with Crippen molar-refractivity contribution < 1.29 is 23.9 Å². The lowest BCUT2D eigenvalue weighted by molar-refractivity contribution is -0.163. The highest BCUT2D eigenvalue weighted by atomic mass is 16.6. The molecule has 1 fully saturated rings. The fraction of sp³-hybridized carbons (Fsp3) is 0.500. The lowest BCUT2D eigenvalue weighted by Crippen LogP contribution is -2.53. The Morgan fingerprint density at radius 3 is 2.40 bits per heavy atom. The molecule has 0 radical (unpaired) electrons. The Morgan fingerprint density at radius 1 is 1.04 bits per heavy atom. The minimum Gasteiger partial charge on any atom is -0.444 e. The summed E-state index contributed by atoms with van der Waals surface area (Å²) in [5, 5.41) is 17.6. The highest BCUT2D eigenvalue weighted by Crippen LogP contribution is 2.32. The highest BCUT2D eigenvalue weighted by molar-refractivity contribution is 6.06. The molecule has 2 unspecified atom stereocenters. The van der Waals surface area contributed by atoms with Gasteiger partial charge in [0.2, 0.25) is 12.1 Å². The van der Waals surface area contributed by atoms with Crippen LogP contribution in [0.4, 0.5) is 10.6 Å². The second-order valence-electron chi connectivity index (χ2n) is 14.3. The number of aryl methyl sites for hydroxylation is 2. The van der Waals surface area contributed by atoms with Gasteiger partial charge < -0.3 is 14.4 Å².